The van der Waals surface area contributed by atoms with Gasteiger partial charge in [-0.05, 0) is 42.3 Å². The van der Waals surface area contributed by atoms with Crippen molar-refractivity contribution in [2.24, 2.45) is 0 Å². The largest absolute Gasteiger partial charge is 0.454 e. The Labute approximate surface area is 174 Å². The van der Waals surface area contributed by atoms with Gasteiger partial charge in [-0.3, -0.25) is 4.79 Å². The lowest BCUT2D eigenvalue weighted by molar-refractivity contribution is -0.897. The van der Waals surface area contributed by atoms with Gasteiger partial charge in [0.15, 0.2) is 18.0 Å². The van der Waals surface area contributed by atoms with Gasteiger partial charge in [0.05, 0.1) is 24.6 Å². The number of likely N-dealkylation sites (tertiary alicyclic amines) is 1. The first-order valence-corrected chi connectivity index (χ1v) is 10.5. The fourth-order valence-electron chi connectivity index (χ4n) is 4.29. The molecule has 0 bridgehead atoms. The van der Waals surface area contributed by atoms with Crippen LogP contribution >= 0.6 is 0 Å². The van der Waals surface area contributed by atoms with Crippen molar-refractivity contribution in [3.8, 4) is 11.5 Å². The molecule has 5 rings (SSSR count). The van der Waals surface area contributed by atoms with E-state index in [-0.39, 0.29) is 12.7 Å². The van der Waals surface area contributed by atoms with Crippen LogP contribution in [0.15, 0.2) is 36.4 Å². The van der Waals surface area contributed by atoms with Gasteiger partial charge < -0.3 is 19.7 Å². The van der Waals surface area contributed by atoms with E-state index in [4.69, 9.17) is 9.47 Å². The van der Waals surface area contributed by atoms with Gasteiger partial charge in [-0.15, -0.1) is 5.10 Å². The second-order valence-electron chi connectivity index (χ2n) is 8.15. The molecule has 1 fully saturated rings. The maximum Gasteiger partial charge on any atom is 0.275 e. The molecule has 1 aromatic heterocycles. The lowest BCUT2D eigenvalue weighted by atomic mass is 10.0. The minimum atomic E-state index is 0.0720. The number of hydrogen-bond donors (Lipinski definition) is 2. The molecule has 0 saturated carbocycles. The lowest BCUT2D eigenvalue weighted by Gasteiger charge is -2.29. The van der Waals surface area contributed by atoms with Crippen LogP contribution in [0.5, 0.6) is 11.5 Å². The maximum absolute atomic E-state index is 12.4. The van der Waals surface area contributed by atoms with Gasteiger partial charge in [0.2, 0.25) is 6.79 Å². The van der Waals surface area contributed by atoms with Crippen molar-refractivity contribution in [3.05, 3.63) is 47.5 Å². The van der Waals surface area contributed by atoms with Crippen LogP contribution in [0.25, 0.3) is 11.0 Å². The second kappa shape index (κ2) is 7.95. The quantitative estimate of drug-likeness (QED) is 0.658. The fourth-order valence-corrected chi connectivity index (χ4v) is 4.29. The van der Waals surface area contributed by atoms with Crippen LogP contribution in [0.1, 0.15) is 30.0 Å². The first-order chi connectivity index (χ1) is 14.7. The Hall–Kier alpha value is -3.13. The number of piperidine rings is 1. The summed E-state index contributed by atoms with van der Waals surface area (Å²) in [4.78, 5) is 13.7. The van der Waals surface area contributed by atoms with Crippen LogP contribution in [0.2, 0.25) is 0 Å². The Kier molecular flexibility index (Phi) is 5.00. The summed E-state index contributed by atoms with van der Waals surface area (Å²) in [5.41, 5.74) is 4.25. The number of rotatable bonds is 5. The fraction of sp³-hybridized carbons (Fsp3) is 0.409. The zero-order valence-corrected chi connectivity index (χ0v) is 17.1. The number of nitrogens with one attached hydrogen (secondary N) is 2. The van der Waals surface area contributed by atoms with E-state index in [0.717, 1.165) is 54.0 Å². The molecule has 2 aromatic carbocycles. The molecule has 156 valence electrons. The molecule has 2 aliphatic rings. The summed E-state index contributed by atoms with van der Waals surface area (Å²) in [7, 11) is 0. The predicted octanol–water partition coefficient (Wildman–Crippen LogP) is 1.00. The molecular weight excluding hydrogens is 382 g/mol. The molecule has 3 aromatic rings. The van der Waals surface area contributed by atoms with Crippen molar-refractivity contribution in [2.75, 3.05) is 26.4 Å². The van der Waals surface area contributed by atoms with Crippen LogP contribution in [-0.2, 0) is 11.3 Å². The van der Waals surface area contributed by atoms with E-state index < -0.39 is 0 Å². The molecule has 2 N–H and O–H groups in total. The van der Waals surface area contributed by atoms with Crippen LogP contribution in [0, 0.1) is 6.92 Å². The molecule has 30 heavy (non-hydrogen) atoms. The second-order valence-corrected chi connectivity index (χ2v) is 8.15. The minimum absolute atomic E-state index is 0.0720. The zero-order valence-electron chi connectivity index (χ0n) is 17.1. The number of aromatic nitrogens is 3. The summed E-state index contributed by atoms with van der Waals surface area (Å²) in [6, 6.07) is 12.4. The highest BCUT2D eigenvalue weighted by molar-refractivity contribution is 5.77. The van der Waals surface area contributed by atoms with Crippen molar-refractivity contribution in [1.82, 2.24) is 20.3 Å². The van der Waals surface area contributed by atoms with Crippen molar-refractivity contribution in [2.45, 2.75) is 32.4 Å². The monoisotopic (exact) mass is 408 g/mol. The van der Waals surface area contributed by atoms with E-state index in [0.29, 0.717) is 19.1 Å². The van der Waals surface area contributed by atoms with Gasteiger partial charge in [-0.2, -0.15) is 0 Å². The summed E-state index contributed by atoms with van der Waals surface area (Å²) in [5.74, 6) is 1.57. The molecule has 8 heteroatoms. The van der Waals surface area contributed by atoms with Gasteiger partial charge in [0.1, 0.15) is 5.52 Å². The molecule has 1 saturated heterocycles. The SMILES string of the molecule is Cc1ccc2c(c1)nnn2C1CC[NH+](CC(=O)NCc2ccc3c(c2)OCO3)CC1. The molecule has 0 radical (unpaired) electrons. The number of quaternary nitrogens is 1. The van der Waals surface area contributed by atoms with Crippen molar-refractivity contribution < 1.29 is 19.2 Å². The highest BCUT2D eigenvalue weighted by Gasteiger charge is 2.26. The Morgan fingerprint density at radius 2 is 2.00 bits per heavy atom. The van der Waals surface area contributed by atoms with E-state index in [1.807, 2.05) is 18.2 Å². The number of carbonyl (C=O) groups is 1. The molecule has 0 unspecified atom stereocenters. The number of benzene rings is 2. The minimum Gasteiger partial charge on any atom is -0.454 e. The third kappa shape index (κ3) is 3.82. The topological polar surface area (TPSA) is 82.7 Å². The average molecular weight is 408 g/mol. The molecule has 2 aliphatic heterocycles. The Morgan fingerprint density at radius 3 is 2.87 bits per heavy atom. The molecule has 0 atom stereocenters. The third-order valence-corrected chi connectivity index (χ3v) is 5.97. The maximum atomic E-state index is 12.4. The number of amides is 1. The number of carbonyl (C=O) groups excluding carboxylic acids is 1. The van der Waals surface area contributed by atoms with Gasteiger partial charge in [-0.1, -0.05) is 17.3 Å². The highest BCUT2D eigenvalue weighted by Crippen LogP contribution is 2.32. The summed E-state index contributed by atoms with van der Waals surface area (Å²) >= 11 is 0. The van der Waals surface area contributed by atoms with Crippen molar-refractivity contribution >= 4 is 16.9 Å². The van der Waals surface area contributed by atoms with E-state index in [9.17, 15) is 4.79 Å². The van der Waals surface area contributed by atoms with Crippen molar-refractivity contribution in [1.29, 1.82) is 0 Å². The molecular formula is C22H26N5O3+. The molecule has 1 amide bonds. The number of aryl methyl sites for hydroxylation is 1. The van der Waals surface area contributed by atoms with Gasteiger partial charge in [-0.25, -0.2) is 4.68 Å². The third-order valence-electron chi connectivity index (χ3n) is 5.97. The molecule has 0 spiro atoms. The summed E-state index contributed by atoms with van der Waals surface area (Å²) in [6.07, 6.45) is 1.99. The van der Waals surface area contributed by atoms with Crippen LogP contribution in [0.3, 0.4) is 0 Å². The predicted molar refractivity (Wildman–Crippen MR) is 111 cm³/mol. The Morgan fingerprint density at radius 1 is 1.17 bits per heavy atom. The lowest BCUT2D eigenvalue weighted by Crippen LogP contribution is -3.14. The highest BCUT2D eigenvalue weighted by atomic mass is 16.7. The number of ether oxygens (including phenoxy) is 2. The first kappa shape index (κ1) is 18.9. The van der Waals surface area contributed by atoms with E-state index in [2.05, 4.69) is 45.4 Å². The van der Waals surface area contributed by atoms with Gasteiger partial charge >= 0.3 is 0 Å². The number of hydrogen-bond acceptors (Lipinski definition) is 5. The summed E-state index contributed by atoms with van der Waals surface area (Å²) in [6.45, 7) is 5.22. The Balaban J connectivity index is 1.12. The Bertz CT molecular complexity index is 1070. The van der Waals surface area contributed by atoms with E-state index >= 15 is 0 Å². The van der Waals surface area contributed by atoms with E-state index in [1.54, 1.807) is 0 Å². The van der Waals surface area contributed by atoms with Crippen molar-refractivity contribution in [3.63, 3.8) is 0 Å². The van der Waals surface area contributed by atoms with Gasteiger partial charge in [0, 0.05) is 19.4 Å². The normalized spacial score (nSPS) is 20.4. The first-order valence-electron chi connectivity index (χ1n) is 10.5. The van der Waals surface area contributed by atoms with Gasteiger partial charge in [0.25, 0.3) is 5.91 Å². The summed E-state index contributed by atoms with van der Waals surface area (Å²) < 4.78 is 12.8. The smallest absolute Gasteiger partial charge is 0.275 e. The van der Waals surface area contributed by atoms with Crippen LogP contribution < -0.4 is 19.7 Å². The molecule has 0 aliphatic carbocycles. The summed E-state index contributed by atoms with van der Waals surface area (Å²) in [5, 5.41) is 11.7. The standard InChI is InChI=1S/C22H25N5O3/c1-15-2-4-19-18(10-15)24-25-27(19)17-6-8-26(9-7-17)13-22(28)23-12-16-3-5-20-21(11-16)30-14-29-20/h2-5,10-11,17H,6-9,12-14H2,1H3,(H,23,28)/p+1. The van der Waals surface area contributed by atoms with E-state index in [1.165, 1.54) is 10.5 Å². The average Bonchev–Trinajstić information content (AvgIpc) is 3.39. The molecule has 8 nitrogen and oxygen atoms in total. The van der Waals surface area contributed by atoms with Crippen LogP contribution in [0.4, 0.5) is 0 Å². The van der Waals surface area contributed by atoms with Crippen LogP contribution in [-0.4, -0.2) is 47.3 Å². The number of nitrogens with zero attached hydrogens (tertiary/aromatic N) is 3. The number of fused-ring (bicyclic) bond motifs is 2. The zero-order chi connectivity index (χ0) is 20.5. The molecule has 3 heterocycles.